The van der Waals surface area contributed by atoms with Crippen LogP contribution in [0.5, 0.6) is 0 Å². The van der Waals surface area contributed by atoms with Crippen molar-refractivity contribution in [3.8, 4) is 0 Å². The number of carbonyl (C=O) groups excluding carboxylic acids is 2. The van der Waals surface area contributed by atoms with Gasteiger partial charge in [0.2, 0.25) is 0 Å². The molecule has 0 spiro atoms. The Morgan fingerprint density at radius 3 is 3.00 bits per heavy atom. The predicted molar refractivity (Wildman–Crippen MR) is 74.6 cm³/mol. The van der Waals surface area contributed by atoms with Crippen molar-refractivity contribution in [3.05, 3.63) is 11.9 Å². The molecule has 0 saturated heterocycles. The Morgan fingerprint density at radius 2 is 2.20 bits per heavy atom. The fourth-order valence-corrected chi connectivity index (χ4v) is 3.03. The molecule has 2 N–H and O–H groups in total. The van der Waals surface area contributed by atoms with Gasteiger partial charge in [-0.1, -0.05) is 19.3 Å². The second-order valence-electron chi connectivity index (χ2n) is 5.54. The van der Waals surface area contributed by atoms with E-state index in [2.05, 4.69) is 15.7 Å². The second kappa shape index (κ2) is 5.64. The molecule has 2 aliphatic rings. The summed E-state index contributed by atoms with van der Waals surface area (Å²) in [5.74, 6) is 0.318. The van der Waals surface area contributed by atoms with Gasteiger partial charge in [0.1, 0.15) is 5.69 Å². The van der Waals surface area contributed by atoms with Gasteiger partial charge in [-0.3, -0.25) is 14.3 Å². The zero-order valence-corrected chi connectivity index (χ0v) is 11.5. The number of Topliss-reactive ketones (excluding diaryl/α,β-unsaturated/α-hetero) is 1. The van der Waals surface area contributed by atoms with E-state index < -0.39 is 0 Å². The van der Waals surface area contributed by atoms with Gasteiger partial charge in [0.25, 0.3) is 5.91 Å². The zero-order chi connectivity index (χ0) is 13.9. The first-order chi connectivity index (χ1) is 9.75. The molecule has 3 rings (SSSR count). The van der Waals surface area contributed by atoms with Crippen LogP contribution < -0.4 is 10.6 Å². The summed E-state index contributed by atoms with van der Waals surface area (Å²) in [5, 5.41) is 10.1. The van der Waals surface area contributed by atoms with Crippen LogP contribution in [0.1, 0.15) is 42.6 Å². The van der Waals surface area contributed by atoms with Crippen LogP contribution >= 0.6 is 0 Å². The van der Waals surface area contributed by atoms with Gasteiger partial charge in [-0.2, -0.15) is 5.10 Å². The maximum Gasteiger partial charge on any atom is 0.271 e. The molecule has 0 bridgehead atoms. The van der Waals surface area contributed by atoms with Crippen molar-refractivity contribution in [1.29, 1.82) is 0 Å². The summed E-state index contributed by atoms with van der Waals surface area (Å²) in [7, 11) is 0. The average Bonchev–Trinajstić information content (AvgIpc) is 2.90. The molecule has 1 aliphatic carbocycles. The molecule has 0 unspecified atom stereocenters. The molecule has 1 fully saturated rings. The Hall–Kier alpha value is -1.85. The van der Waals surface area contributed by atoms with Crippen LogP contribution in [0, 0.1) is 5.92 Å². The van der Waals surface area contributed by atoms with Crippen molar-refractivity contribution < 1.29 is 9.59 Å². The van der Waals surface area contributed by atoms with Crippen LogP contribution in [-0.2, 0) is 11.3 Å². The lowest BCUT2D eigenvalue weighted by Crippen LogP contribution is -2.36. The Labute approximate surface area is 117 Å². The minimum absolute atomic E-state index is 0.124. The SMILES string of the molecule is O=C1NCCn2ncc(NCC(=O)C3CCCCC3)c21. The lowest BCUT2D eigenvalue weighted by molar-refractivity contribution is -0.122. The van der Waals surface area contributed by atoms with Gasteiger partial charge in [0, 0.05) is 12.5 Å². The molecule has 1 aromatic heterocycles. The minimum Gasteiger partial charge on any atom is -0.375 e. The first-order valence-corrected chi connectivity index (χ1v) is 7.36. The van der Waals surface area contributed by atoms with Gasteiger partial charge >= 0.3 is 0 Å². The summed E-state index contributed by atoms with van der Waals surface area (Å²) < 4.78 is 1.69. The molecule has 1 saturated carbocycles. The Bertz CT molecular complexity index is 517. The quantitative estimate of drug-likeness (QED) is 0.866. The number of nitrogens with one attached hydrogen (secondary N) is 2. The highest BCUT2D eigenvalue weighted by Gasteiger charge is 2.24. The van der Waals surface area contributed by atoms with Gasteiger partial charge in [0.05, 0.1) is 25.0 Å². The lowest BCUT2D eigenvalue weighted by Gasteiger charge is -2.21. The molecule has 1 aromatic rings. The molecule has 108 valence electrons. The van der Waals surface area contributed by atoms with E-state index in [1.165, 1.54) is 6.42 Å². The summed E-state index contributed by atoms with van der Waals surface area (Å²) in [4.78, 5) is 24.0. The van der Waals surface area contributed by atoms with E-state index in [4.69, 9.17) is 0 Å². The fraction of sp³-hybridized carbons (Fsp3) is 0.643. The van der Waals surface area contributed by atoms with E-state index in [0.29, 0.717) is 24.5 Å². The predicted octanol–water partition coefficient (Wildman–Crippen LogP) is 1.19. The summed E-state index contributed by atoms with van der Waals surface area (Å²) >= 11 is 0. The number of ketones is 1. The third-order valence-electron chi connectivity index (χ3n) is 4.18. The topological polar surface area (TPSA) is 76.0 Å². The Kier molecular flexibility index (Phi) is 3.71. The Morgan fingerprint density at radius 1 is 1.40 bits per heavy atom. The number of hydrogen-bond acceptors (Lipinski definition) is 4. The van der Waals surface area contributed by atoms with Crippen LogP contribution in [0.2, 0.25) is 0 Å². The van der Waals surface area contributed by atoms with Gasteiger partial charge in [0.15, 0.2) is 5.78 Å². The minimum atomic E-state index is -0.124. The van der Waals surface area contributed by atoms with Crippen LogP contribution in [0.3, 0.4) is 0 Å². The van der Waals surface area contributed by atoms with Gasteiger partial charge in [-0.15, -0.1) is 0 Å². The van der Waals surface area contributed by atoms with E-state index in [0.717, 1.165) is 25.7 Å². The van der Waals surface area contributed by atoms with Crippen molar-refractivity contribution in [2.24, 2.45) is 5.92 Å². The number of amides is 1. The highest BCUT2D eigenvalue weighted by molar-refractivity contribution is 5.99. The van der Waals surface area contributed by atoms with Crippen molar-refractivity contribution in [2.45, 2.75) is 38.6 Å². The smallest absolute Gasteiger partial charge is 0.271 e. The van der Waals surface area contributed by atoms with E-state index in [1.54, 1.807) is 10.9 Å². The molecular weight excluding hydrogens is 256 g/mol. The number of nitrogens with zero attached hydrogens (tertiary/aromatic N) is 2. The summed E-state index contributed by atoms with van der Waals surface area (Å²) in [5.41, 5.74) is 1.19. The van der Waals surface area contributed by atoms with Crippen molar-refractivity contribution in [2.75, 3.05) is 18.4 Å². The number of rotatable bonds is 4. The second-order valence-corrected chi connectivity index (χ2v) is 5.54. The third kappa shape index (κ3) is 2.55. The summed E-state index contributed by atoms with van der Waals surface area (Å²) in [6.07, 6.45) is 7.20. The van der Waals surface area contributed by atoms with Crippen molar-refractivity contribution in [1.82, 2.24) is 15.1 Å². The van der Waals surface area contributed by atoms with Gasteiger partial charge in [-0.25, -0.2) is 0 Å². The monoisotopic (exact) mass is 276 g/mol. The van der Waals surface area contributed by atoms with Gasteiger partial charge < -0.3 is 10.6 Å². The highest BCUT2D eigenvalue weighted by Crippen LogP contribution is 2.25. The molecule has 1 aliphatic heterocycles. The lowest BCUT2D eigenvalue weighted by atomic mass is 9.86. The molecule has 0 radical (unpaired) electrons. The largest absolute Gasteiger partial charge is 0.375 e. The maximum atomic E-state index is 12.2. The zero-order valence-electron chi connectivity index (χ0n) is 11.5. The van der Waals surface area contributed by atoms with Gasteiger partial charge in [-0.05, 0) is 12.8 Å². The van der Waals surface area contributed by atoms with Crippen molar-refractivity contribution in [3.63, 3.8) is 0 Å². The average molecular weight is 276 g/mol. The first-order valence-electron chi connectivity index (χ1n) is 7.36. The summed E-state index contributed by atoms with van der Waals surface area (Å²) in [6.45, 7) is 1.57. The Balaban J connectivity index is 1.62. The number of anilines is 1. The van der Waals surface area contributed by atoms with Crippen molar-refractivity contribution >= 4 is 17.4 Å². The van der Waals surface area contributed by atoms with E-state index in [9.17, 15) is 9.59 Å². The first kappa shape index (κ1) is 13.1. The molecule has 6 nitrogen and oxygen atoms in total. The third-order valence-corrected chi connectivity index (χ3v) is 4.18. The van der Waals surface area contributed by atoms with Crippen LogP contribution in [0.4, 0.5) is 5.69 Å². The van der Waals surface area contributed by atoms with E-state index in [1.807, 2.05) is 0 Å². The number of aromatic nitrogens is 2. The number of carbonyl (C=O) groups is 2. The molecular formula is C14H20N4O2. The maximum absolute atomic E-state index is 12.2. The number of fused-ring (bicyclic) bond motifs is 1. The molecule has 20 heavy (non-hydrogen) atoms. The standard InChI is InChI=1S/C14H20N4O2/c19-12(10-4-2-1-3-5-10)9-16-11-8-17-18-7-6-15-14(20)13(11)18/h8,10,16H,1-7,9H2,(H,15,20). The van der Waals surface area contributed by atoms with E-state index in [-0.39, 0.29) is 24.2 Å². The highest BCUT2D eigenvalue weighted by atomic mass is 16.2. The molecule has 0 atom stereocenters. The van der Waals surface area contributed by atoms with Crippen LogP contribution in [0.25, 0.3) is 0 Å². The fourth-order valence-electron chi connectivity index (χ4n) is 3.03. The van der Waals surface area contributed by atoms with Crippen LogP contribution in [0.15, 0.2) is 6.20 Å². The molecule has 0 aromatic carbocycles. The number of hydrogen-bond donors (Lipinski definition) is 2. The molecule has 2 heterocycles. The molecule has 6 heteroatoms. The van der Waals surface area contributed by atoms with Crippen LogP contribution in [-0.4, -0.2) is 34.6 Å². The molecule has 1 amide bonds. The normalized spacial score (nSPS) is 19.3. The summed E-state index contributed by atoms with van der Waals surface area (Å²) in [6, 6.07) is 0. The van der Waals surface area contributed by atoms with E-state index >= 15 is 0 Å².